The number of nitrogens with zero attached hydrogens (tertiary/aromatic N) is 4. The maximum Gasteiger partial charge on any atom is 0.289 e. The van der Waals surface area contributed by atoms with E-state index < -0.39 is 0 Å². The summed E-state index contributed by atoms with van der Waals surface area (Å²) in [6.07, 6.45) is 4.28. The summed E-state index contributed by atoms with van der Waals surface area (Å²) >= 11 is 1.05. The van der Waals surface area contributed by atoms with E-state index in [4.69, 9.17) is 0 Å². The molecule has 7 nitrogen and oxygen atoms in total. The lowest BCUT2D eigenvalue weighted by atomic mass is 10.0. The van der Waals surface area contributed by atoms with E-state index in [-0.39, 0.29) is 28.8 Å². The molecule has 0 aromatic carbocycles. The maximum absolute atomic E-state index is 12.3. The normalized spacial score (nSPS) is 19.9. The first kappa shape index (κ1) is 15.0. The Morgan fingerprint density at radius 3 is 2.50 bits per heavy atom. The van der Waals surface area contributed by atoms with Crippen LogP contribution in [0.2, 0.25) is 0 Å². The van der Waals surface area contributed by atoms with Crippen LogP contribution >= 0.6 is 11.8 Å². The number of hydrogen-bond donors (Lipinski definition) is 0. The SMILES string of the molecule is Cc1cnc(C(=O)N2CCC(N3C(=O)CSC3=O)CC2)cn1. The van der Waals surface area contributed by atoms with E-state index in [1.54, 1.807) is 11.1 Å². The highest BCUT2D eigenvalue weighted by Crippen LogP contribution is 2.26. The second kappa shape index (κ2) is 6.04. The third-order valence-electron chi connectivity index (χ3n) is 3.90. The first-order valence-corrected chi connectivity index (χ1v) is 8.11. The fourth-order valence-electron chi connectivity index (χ4n) is 2.71. The van der Waals surface area contributed by atoms with Crippen LogP contribution in [-0.2, 0) is 4.79 Å². The molecule has 0 N–H and O–H groups in total. The number of likely N-dealkylation sites (tertiary alicyclic amines) is 1. The molecule has 2 aliphatic rings. The van der Waals surface area contributed by atoms with E-state index in [2.05, 4.69) is 9.97 Å². The molecule has 2 saturated heterocycles. The van der Waals surface area contributed by atoms with Gasteiger partial charge in [0.05, 0.1) is 17.6 Å². The largest absolute Gasteiger partial charge is 0.337 e. The fraction of sp³-hybridized carbons (Fsp3) is 0.500. The molecule has 2 fully saturated rings. The lowest BCUT2D eigenvalue weighted by Gasteiger charge is -2.35. The fourth-order valence-corrected chi connectivity index (χ4v) is 3.49. The first-order chi connectivity index (χ1) is 10.6. The van der Waals surface area contributed by atoms with Gasteiger partial charge in [0, 0.05) is 25.3 Å². The molecule has 0 radical (unpaired) electrons. The maximum atomic E-state index is 12.3. The summed E-state index contributed by atoms with van der Waals surface area (Å²) in [5, 5.41) is -0.167. The number of thioether (sulfide) groups is 1. The molecular weight excluding hydrogens is 304 g/mol. The summed E-state index contributed by atoms with van der Waals surface area (Å²) in [5.74, 6) is -0.0414. The predicted molar refractivity (Wildman–Crippen MR) is 80.4 cm³/mol. The lowest BCUT2D eigenvalue weighted by Crippen LogP contribution is -2.48. The van der Waals surface area contributed by atoms with Gasteiger partial charge in [-0.25, -0.2) is 4.98 Å². The number of piperidine rings is 1. The molecule has 3 amide bonds. The molecule has 0 aliphatic carbocycles. The average molecular weight is 320 g/mol. The van der Waals surface area contributed by atoms with Gasteiger partial charge in [0.15, 0.2) is 0 Å². The summed E-state index contributed by atoms with van der Waals surface area (Å²) < 4.78 is 0. The molecule has 22 heavy (non-hydrogen) atoms. The van der Waals surface area contributed by atoms with Gasteiger partial charge < -0.3 is 4.90 Å². The Hall–Kier alpha value is -1.96. The molecule has 0 unspecified atom stereocenters. The highest BCUT2D eigenvalue weighted by Gasteiger charge is 2.38. The van der Waals surface area contributed by atoms with Crippen LogP contribution in [0.25, 0.3) is 0 Å². The molecule has 0 bridgehead atoms. The van der Waals surface area contributed by atoms with Crippen molar-refractivity contribution in [2.24, 2.45) is 0 Å². The molecule has 2 aliphatic heterocycles. The Morgan fingerprint density at radius 2 is 1.95 bits per heavy atom. The van der Waals surface area contributed by atoms with E-state index in [1.807, 2.05) is 6.92 Å². The van der Waals surface area contributed by atoms with Crippen molar-refractivity contribution in [1.29, 1.82) is 0 Å². The minimum absolute atomic E-state index is 0.0943. The van der Waals surface area contributed by atoms with Crippen molar-refractivity contribution in [2.45, 2.75) is 25.8 Å². The summed E-state index contributed by atoms with van der Waals surface area (Å²) in [6, 6.07) is -0.0943. The monoisotopic (exact) mass is 320 g/mol. The van der Waals surface area contributed by atoms with Gasteiger partial charge in [-0.3, -0.25) is 24.3 Å². The van der Waals surface area contributed by atoms with Crippen LogP contribution in [0.3, 0.4) is 0 Å². The Bertz CT molecular complexity index is 595. The molecule has 1 aromatic rings. The zero-order chi connectivity index (χ0) is 15.7. The third kappa shape index (κ3) is 2.83. The topological polar surface area (TPSA) is 83.5 Å². The Labute approximate surface area is 132 Å². The minimum Gasteiger partial charge on any atom is -0.337 e. The van der Waals surface area contributed by atoms with Gasteiger partial charge >= 0.3 is 0 Å². The Balaban J connectivity index is 1.62. The molecule has 3 rings (SSSR count). The highest BCUT2D eigenvalue weighted by molar-refractivity contribution is 8.14. The summed E-state index contributed by atoms with van der Waals surface area (Å²) in [6.45, 7) is 2.84. The van der Waals surface area contributed by atoms with Crippen molar-refractivity contribution < 1.29 is 14.4 Å². The molecule has 8 heteroatoms. The lowest BCUT2D eigenvalue weighted by molar-refractivity contribution is -0.126. The molecule has 0 saturated carbocycles. The van der Waals surface area contributed by atoms with E-state index in [1.165, 1.54) is 11.1 Å². The van der Waals surface area contributed by atoms with Crippen LogP contribution in [0.1, 0.15) is 29.0 Å². The van der Waals surface area contributed by atoms with Gasteiger partial charge in [0.2, 0.25) is 5.91 Å². The predicted octanol–water partition coefficient (Wildman–Crippen LogP) is 1.09. The van der Waals surface area contributed by atoms with E-state index in [9.17, 15) is 14.4 Å². The molecule has 1 aromatic heterocycles. The van der Waals surface area contributed by atoms with Crippen LogP contribution < -0.4 is 0 Å². The number of rotatable bonds is 2. The second-order valence-corrected chi connectivity index (χ2v) is 6.31. The van der Waals surface area contributed by atoms with Crippen molar-refractivity contribution in [3.8, 4) is 0 Å². The Morgan fingerprint density at radius 1 is 1.23 bits per heavy atom. The van der Waals surface area contributed by atoms with Crippen molar-refractivity contribution >= 4 is 28.8 Å². The Kier molecular flexibility index (Phi) is 4.10. The van der Waals surface area contributed by atoms with Crippen molar-refractivity contribution in [3.05, 3.63) is 23.8 Å². The smallest absolute Gasteiger partial charge is 0.289 e. The number of carbonyl (C=O) groups excluding carboxylic acids is 3. The van der Waals surface area contributed by atoms with Gasteiger partial charge in [0.1, 0.15) is 5.69 Å². The van der Waals surface area contributed by atoms with E-state index in [0.29, 0.717) is 31.6 Å². The van der Waals surface area contributed by atoms with E-state index in [0.717, 1.165) is 17.5 Å². The number of imide groups is 1. The molecular formula is C14H16N4O3S. The first-order valence-electron chi connectivity index (χ1n) is 7.13. The van der Waals surface area contributed by atoms with Gasteiger partial charge in [-0.1, -0.05) is 11.8 Å². The highest BCUT2D eigenvalue weighted by atomic mass is 32.2. The van der Waals surface area contributed by atoms with Crippen LogP contribution in [0.5, 0.6) is 0 Å². The quantitative estimate of drug-likeness (QED) is 0.811. The van der Waals surface area contributed by atoms with Crippen LogP contribution in [0.15, 0.2) is 12.4 Å². The van der Waals surface area contributed by atoms with Crippen molar-refractivity contribution in [1.82, 2.24) is 19.8 Å². The van der Waals surface area contributed by atoms with Crippen molar-refractivity contribution in [2.75, 3.05) is 18.8 Å². The zero-order valence-electron chi connectivity index (χ0n) is 12.2. The van der Waals surface area contributed by atoms with Crippen LogP contribution in [0.4, 0.5) is 4.79 Å². The number of aromatic nitrogens is 2. The minimum atomic E-state index is -0.167. The average Bonchev–Trinajstić information content (AvgIpc) is 2.86. The number of carbonyl (C=O) groups is 3. The van der Waals surface area contributed by atoms with Gasteiger partial charge in [-0.15, -0.1) is 0 Å². The second-order valence-electron chi connectivity index (χ2n) is 5.38. The van der Waals surface area contributed by atoms with Gasteiger partial charge in [-0.2, -0.15) is 0 Å². The zero-order valence-corrected chi connectivity index (χ0v) is 13.0. The number of aryl methyl sites for hydroxylation is 1. The molecule has 3 heterocycles. The van der Waals surface area contributed by atoms with E-state index >= 15 is 0 Å². The summed E-state index contributed by atoms with van der Waals surface area (Å²) in [5.41, 5.74) is 1.09. The standard InChI is InChI=1S/C14H16N4O3S/c1-9-6-16-11(7-15-9)13(20)17-4-2-10(3-5-17)18-12(19)8-22-14(18)21/h6-7,10H,2-5,8H2,1H3. The molecule has 0 atom stereocenters. The number of hydrogen-bond acceptors (Lipinski definition) is 6. The summed E-state index contributed by atoms with van der Waals surface area (Å²) in [7, 11) is 0. The van der Waals surface area contributed by atoms with Crippen LogP contribution in [-0.4, -0.2) is 61.7 Å². The van der Waals surface area contributed by atoms with Gasteiger partial charge in [0.25, 0.3) is 11.1 Å². The third-order valence-corrected chi connectivity index (χ3v) is 4.74. The van der Waals surface area contributed by atoms with Crippen LogP contribution in [0, 0.1) is 6.92 Å². The summed E-state index contributed by atoms with van der Waals surface area (Å²) in [4.78, 5) is 47.0. The number of amides is 3. The van der Waals surface area contributed by atoms with Crippen molar-refractivity contribution in [3.63, 3.8) is 0 Å². The molecule has 116 valence electrons. The molecule has 0 spiro atoms. The van der Waals surface area contributed by atoms with Gasteiger partial charge in [-0.05, 0) is 19.8 Å².